The van der Waals surface area contributed by atoms with E-state index >= 15 is 0 Å². The minimum Gasteiger partial charge on any atom is -0.379 e. The van der Waals surface area contributed by atoms with Gasteiger partial charge in [0.2, 0.25) is 11.8 Å². The van der Waals surface area contributed by atoms with Crippen LogP contribution in [0.3, 0.4) is 0 Å². The number of carbonyl (C=O) groups is 2. The molecule has 0 spiro atoms. The van der Waals surface area contributed by atoms with Crippen molar-refractivity contribution in [2.75, 3.05) is 10.6 Å². The Morgan fingerprint density at radius 2 is 1.03 bits per heavy atom. The quantitative estimate of drug-likeness (QED) is 0.326. The molecule has 0 fully saturated rings. The van der Waals surface area contributed by atoms with Gasteiger partial charge in [-0.2, -0.15) is 10.2 Å². The highest BCUT2D eigenvalue weighted by Gasteiger charge is 1.99. The lowest BCUT2D eigenvalue weighted by Crippen LogP contribution is -2.30. The molecule has 0 bridgehead atoms. The standard InChI is InChI=1S/C20H22N8O2/c1-13(29)25-17-7-3-15(4-8-17)11-23-27-19(21)20(22)28-24-12-16-5-9-18(10-6-16)26-14(2)30/h3-12H,1-2H3,(H2,21,27)(H2,22,28)(H,25,29)(H,26,30)/b23-11+,24-12+. The maximum absolute atomic E-state index is 11.0. The van der Waals surface area contributed by atoms with Crippen LogP contribution in [-0.4, -0.2) is 35.9 Å². The lowest BCUT2D eigenvalue weighted by atomic mass is 10.2. The number of anilines is 2. The second-order valence-corrected chi connectivity index (χ2v) is 6.07. The number of rotatable bonds is 6. The molecule has 0 aliphatic carbocycles. The zero-order valence-electron chi connectivity index (χ0n) is 16.5. The van der Waals surface area contributed by atoms with Crippen molar-refractivity contribution in [2.45, 2.75) is 13.8 Å². The average Bonchev–Trinajstić information content (AvgIpc) is 2.69. The van der Waals surface area contributed by atoms with Crippen molar-refractivity contribution in [2.24, 2.45) is 31.9 Å². The van der Waals surface area contributed by atoms with E-state index in [1.165, 1.54) is 26.3 Å². The Hall–Kier alpha value is -4.34. The summed E-state index contributed by atoms with van der Waals surface area (Å²) in [5, 5.41) is 20.6. The van der Waals surface area contributed by atoms with Crippen molar-refractivity contribution in [3.05, 3.63) is 59.7 Å². The molecule has 0 aliphatic rings. The topological polar surface area (TPSA) is 160 Å². The summed E-state index contributed by atoms with van der Waals surface area (Å²) in [6.45, 7) is 2.87. The Balaban J connectivity index is 1.94. The zero-order valence-corrected chi connectivity index (χ0v) is 16.5. The van der Waals surface area contributed by atoms with E-state index in [0.29, 0.717) is 11.4 Å². The minimum atomic E-state index is -0.145. The highest BCUT2D eigenvalue weighted by Crippen LogP contribution is 2.09. The summed E-state index contributed by atoms with van der Waals surface area (Å²) < 4.78 is 0. The van der Waals surface area contributed by atoms with Crippen LogP contribution >= 0.6 is 0 Å². The van der Waals surface area contributed by atoms with Crippen LogP contribution in [0.5, 0.6) is 0 Å². The summed E-state index contributed by atoms with van der Waals surface area (Å²) in [6.07, 6.45) is 2.97. The maximum Gasteiger partial charge on any atom is 0.221 e. The normalized spacial score (nSPS) is 12.3. The van der Waals surface area contributed by atoms with Gasteiger partial charge in [-0.15, -0.1) is 10.2 Å². The second kappa shape index (κ2) is 10.9. The molecule has 2 amide bonds. The van der Waals surface area contributed by atoms with Gasteiger partial charge in [0.05, 0.1) is 12.4 Å². The number of carbonyl (C=O) groups excluding carboxylic acids is 2. The van der Waals surface area contributed by atoms with E-state index in [9.17, 15) is 9.59 Å². The highest BCUT2D eigenvalue weighted by atomic mass is 16.2. The van der Waals surface area contributed by atoms with Crippen molar-refractivity contribution < 1.29 is 9.59 Å². The number of hydrogen-bond donors (Lipinski definition) is 4. The minimum absolute atomic E-state index is 0.0840. The van der Waals surface area contributed by atoms with Crippen LogP contribution in [-0.2, 0) is 9.59 Å². The number of amidine groups is 2. The molecule has 0 saturated carbocycles. The molecule has 0 heterocycles. The van der Waals surface area contributed by atoms with Crippen molar-refractivity contribution in [1.82, 2.24) is 0 Å². The SMILES string of the molecule is CC(=O)Nc1ccc(/C=N/N=C(N)C(N)=N/N=C/c2ccc(NC(C)=O)cc2)cc1. The van der Waals surface area contributed by atoms with E-state index in [1.54, 1.807) is 48.5 Å². The monoisotopic (exact) mass is 406 g/mol. The highest BCUT2D eigenvalue weighted by molar-refractivity contribution is 6.39. The van der Waals surface area contributed by atoms with Gasteiger partial charge in [0.15, 0.2) is 11.7 Å². The van der Waals surface area contributed by atoms with Gasteiger partial charge in [0, 0.05) is 25.2 Å². The van der Waals surface area contributed by atoms with E-state index in [-0.39, 0.29) is 23.5 Å². The first-order valence-electron chi connectivity index (χ1n) is 8.82. The first-order chi connectivity index (χ1) is 14.3. The molecule has 6 N–H and O–H groups in total. The van der Waals surface area contributed by atoms with E-state index < -0.39 is 0 Å². The van der Waals surface area contributed by atoms with E-state index in [2.05, 4.69) is 31.0 Å². The van der Waals surface area contributed by atoms with Gasteiger partial charge in [0.25, 0.3) is 0 Å². The Morgan fingerprint density at radius 3 is 1.33 bits per heavy atom. The molecule has 0 aromatic heterocycles. The number of nitrogens with one attached hydrogen (secondary N) is 2. The number of hydrogen-bond acceptors (Lipinski definition) is 6. The Labute approximate surface area is 173 Å². The third-order valence-electron chi connectivity index (χ3n) is 3.47. The molecule has 0 aliphatic heterocycles. The fourth-order valence-corrected chi connectivity index (χ4v) is 2.13. The predicted molar refractivity (Wildman–Crippen MR) is 120 cm³/mol. The molecule has 2 aromatic carbocycles. The van der Waals surface area contributed by atoms with Gasteiger partial charge in [0.1, 0.15) is 0 Å². The first kappa shape index (κ1) is 22.0. The van der Waals surface area contributed by atoms with Crippen LogP contribution in [0.25, 0.3) is 0 Å². The summed E-state index contributed by atoms with van der Waals surface area (Å²) in [6, 6.07) is 14.0. The number of benzene rings is 2. The molecule has 0 atom stereocenters. The lowest BCUT2D eigenvalue weighted by Gasteiger charge is -2.01. The molecule has 0 radical (unpaired) electrons. The molecule has 0 unspecified atom stereocenters. The predicted octanol–water partition coefficient (Wildman–Crippen LogP) is 1.69. The van der Waals surface area contributed by atoms with Crippen LogP contribution < -0.4 is 22.1 Å². The number of nitrogens with zero attached hydrogens (tertiary/aromatic N) is 4. The van der Waals surface area contributed by atoms with Gasteiger partial charge < -0.3 is 22.1 Å². The fourth-order valence-electron chi connectivity index (χ4n) is 2.13. The van der Waals surface area contributed by atoms with Crippen molar-refractivity contribution in [3.8, 4) is 0 Å². The Bertz CT molecular complexity index is 923. The van der Waals surface area contributed by atoms with Gasteiger partial charge in [-0.1, -0.05) is 24.3 Å². The summed E-state index contributed by atoms with van der Waals surface area (Å²) in [4.78, 5) is 22.0. The molecule has 30 heavy (non-hydrogen) atoms. The second-order valence-electron chi connectivity index (χ2n) is 6.07. The molecular weight excluding hydrogens is 384 g/mol. The smallest absolute Gasteiger partial charge is 0.221 e. The largest absolute Gasteiger partial charge is 0.379 e. The summed E-state index contributed by atoms with van der Waals surface area (Å²) in [5.41, 5.74) is 14.3. The molecule has 154 valence electrons. The van der Waals surface area contributed by atoms with Gasteiger partial charge >= 0.3 is 0 Å². The maximum atomic E-state index is 11.0. The van der Waals surface area contributed by atoms with Crippen molar-refractivity contribution in [1.29, 1.82) is 0 Å². The van der Waals surface area contributed by atoms with Crippen LogP contribution in [0.2, 0.25) is 0 Å². The lowest BCUT2D eigenvalue weighted by molar-refractivity contribution is -0.115. The van der Waals surface area contributed by atoms with Gasteiger partial charge in [-0.25, -0.2) is 0 Å². The third-order valence-corrected chi connectivity index (χ3v) is 3.47. The molecule has 2 aromatic rings. The molecule has 2 rings (SSSR count). The van der Waals surface area contributed by atoms with E-state index in [0.717, 1.165) is 11.1 Å². The molecule has 0 saturated heterocycles. The van der Waals surface area contributed by atoms with Crippen LogP contribution in [0.15, 0.2) is 68.9 Å². The first-order valence-corrected chi connectivity index (χ1v) is 8.82. The summed E-state index contributed by atoms with van der Waals surface area (Å²) in [5.74, 6) is -0.458. The van der Waals surface area contributed by atoms with Crippen molar-refractivity contribution in [3.63, 3.8) is 0 Å². The third kappa shape index (κ3) is 7.72. The van der Waals surface area contributed by atoms with E-state index in [1.807, 2.05) is 0 Å². The number of amides is 2. The Morgan fingerprint density at radius 1 is 0.700 bits per heavy atom. The molecular formula is C20H22N8O2. The molecule has 10 nitrogen and oxygen atoms in total. The van der Waals surface area contributed by atoms with Crippen molar-refractivity contribution >= 4 is 47.3 Å². The van der Waals surface area contributed by atoms with Gasteiger partial charge in [-0.05, 0) is 35.4 Å². The molecule has 10 heteroatoms. The summed E-state index contributed by atoms with van der Waals surface area (Å²) in [7, 11) is 0. The summed E-state index contributed by atoms with van der Waals surface area (Å²) >= 11 is 0. The zero-order chi connectivity index (χ0) is 21.9. The van der Waals surface area contributed by atoms with E-state index in [4.69, 9.17) is 11.5 Å². The number of nitrogens with two attached hydrogens (primary N) is 2. The fraction of sp³-hybridized carbons (Fsp3) is 0.100. The van der Waals surface area contributed by atoms with Gasteiger partial charge in [-0.3, -0.25) is 9.59 Å². The van der Waals surface area contributed by atoms with Crippen LogP contribution in [0.4, 0.5) is 11.4 Å². The van der Waals surface area contributed by atoms with Crippen LogP contribution in [0.1, 0.15) is 25.0 Å². The average molecular weight is 406 g/mol. The van der Waals surface area contributed by atoms with Crippen LogP contribution in [0, 0.1) is 0 Å². The Kier molecular flexibility index (Phi) is 7.94.